The smallest absolute Gasteiger partial charge is 0.115 e. The lowest BCUT2D eigenvalue weighted by molar-refractivity contribution is 0.0647. The molecule has 2 fully saturated rings. The molecule has 0 heterocycles. The first-order valence-corrected chi connectivity index (χ1v) is 9.92. The van der Waals surface area contributed by atoms with E-state index in [2.05, 4.69) is 45.9 Å². The fourth-order valence-corrected chi connectivity index (χ4v) is 6.58. The Morgan fingerprint density at radius 2 is 1.96 bits per heavy atom. The van der Waals surface area contributed by atoms with Crippen LogP contribution >= 0.6 is 0 Å². The Labute approximate surface area is 147 Å². The lowest BCUT2D eigenvalue weighted by Gasteiger charge is -2.53. The summed E-state index contributed by atoms with van der Waals surface area (Å²) in [6, 6.07) is 0. The van der Waals surface area contributed by atoms with Crippen LogP contribution in [0, 0.1) is 34.5 Å². The van der Waals surface area contributed by atoms with Gasteiger partial charge in [-0.3, -0.25) is 0 Å². The Morgan fingerprint density at radius 3 is 2.71 bits per heavy atom. The number of aliphatic hydroxyl groups is 1. The molecule has 24 heavy (non-hydrogen) atoms. The standard InChI is InChI=1S/C23H32O/c1-5-15(2)19-8-9-20-18-7-6-16-14-17(24)10-12-22(16,3)21(18)11-13-23(19,20)4/h6-7,10,12,14-15,19-21,24H,5,8-9,11,13H2,1-4H3/t15?,19?,20?,21?,22-,23+/m0/s1. The molecule has 6 atom stereocenters. The molecule has 0 saturated heterocycles. The van der Waals surface area contributed by atoms with E-state index in [0.29, 0.717) is 17.1 Å². The maximum atomic E-state index is 9.89. The summed E-state index contributed by atoms with van der Waals surface area (Å²) in [7, 11) is 0. The van der Waals surface area contributed by atoms with Gasteiger partial charge in [0.1, 0.15) is 5.76 Å². The minimum Gasteiger partial charge on any atom is -0.508 e. The van der Waals surface area contributed by atoms with Crippen LogP contribution in [0.5, 0.6) is 0 Å². The molecule has 4 rings (SSSR count). The van der Waals surface area contributed by atoms with Crippen molar-refractivity contribution in [1.29, 1.82) is 0 Å². The lowest BCUT2D eigenvalue weighted by Crippen LogP contribution is -2.44. The largest absolute Gasteiger partial charge is 0.508 e. The molecule has 0 aromatic rings. The van der Waals surface area contributed by atoms with E-state index in [-0.39, 0.29) is 5.41 Å². The van der Waals surface area contributed by atoms with Crippen LogP contribution < -0.4 is 0 Å². The van der Waals surface area contributed by atoms with E-state index in [9.17, 15) is 5.11 Å². The van der Waals surface area contributed by atoms with Crippen LogP contribution in [0.15, 0.2) is 47.3 Å². The van der Waals surface area contributed by atoms with Crippen LogP contribution in [0.4, 0.5) is 0 Å². The Kier molecular flexibility index (Phi) is 3.64. The Hall–Kier alpha value is -1.24. The highest BCUT2D eigenvalue weighted by Gasteiger charge is 2.55. The monoisotopic (exact) mass is 324 g/mol. The van der Waals surface area contributed by atoms with Crippen LogP contribution in [0.3, 0.4) is 0 Å². The van der Waals surface area contributed by atoms with Crippen molar-refractivity contribution in [2.75, 3.05) is 0 Å². The minimum absolute atomic E-state index is 0.0755. The summed E-state index contributed by atoms with van der Waals surface area (Å²) < 4.78 is 0. The van der Waals surface area contributed by atoms with Crippen molar-refractivity contribution in [3.63, 3.8) is 0 Å². The van der Waals surface area contributed by atoms with Crippen LogP contribution in [0.25, 0.3) is 0 Å². The average Bonchev–Trinajstić information content (AvgIpc) is 2.92. The van der Waals surface area contributed by atoms with Gasteiger partial charge in [-0.1, -0.05) is 57.9 Å². The van der Waals surface area contributed by atoms with Gasteiger partial charge >= 0.3 is 0 Å². The van der Waals surface area contributed by atoms with E-state index in [1.54, 1.807) is 5.57 Å². The lowest BCUT2D eigenvalue weighted by atomic mass is 9.51. The van der Waals surface area contributed by atoms with Gasteiger partial charge in [0.2, 0.25) is 0 Å². The molecular formula is C23H32O. The molecule has 4 aliphatic carbocycles. The first-order chi connectivity index (χ1) is 11.4. The Morgan fingerprint density at radius 1 is 1.17 bits per heavy atom. The third-order valence-electron chi connectivity index (χ3n) is 8.22. The molecule has 0 spiro atoms. The highest BCUT2D eigenvalue weighted by Crippen LogP contribution is 2.65. The molecule has 1 nitrogen and oxygen atoms in total. The molecule has 2 saturated carbocycles. The van der Waals surface area contributed by atoms with Crippen molar-refractivity contribution in [3.05, 3.63) is 47.3 Å². The van der Waals surface area contributed by atoms with E-state index >= 15 is 0 Å². The average molecular weight is 325 g/mol. The van der Waals surface area contributed by atoms with Crippen LogP contribution in [0.2, 0.25) is 0 Å². The van der Waals surface area contributed by atoms with Crippen molar-refractivity contribution in [2.45, 2.75) is 59.8 Å². The second-order valence-electron chi connectivity index (χ2n) is 9.19. The molecule has 4 aliphatic rings. The second-order valence-corrected chi connectivity index (χ2v) is 9.19. The Balaban J connectivity index is 1.73. The van der Waals surface area contributed by atoms with Gasteiger partial charge in [0.15, 0.2) is 0 Å². The molecule has 0 aliphatic heterocycles. The maximum Gasteiger partial charge on any atom is 0.115 e. The number of hydrogen-bond donors (Lipinski definition) is 1. The fraction of sp³-hybridized carbons (Fsp3) is 0.652. The van der Waals surface area contributed by atoms with Crippen molar-refractivity contribution in [1.82, 2.24) is 0 Å². The Bertz CT molecular complexity index is 664. The highest BCUT2D eigenvalue weighted by molar-refractivity contribution is 5.49. The molecule has 0 aromatic heterocycles. The predicted molar refractivity (Wildman–Crippen MR) is 101 cm³/mol. The zero-order chi connectivity index (χ0) is 17.1. The van der Waals surface area contributed by atoms with Gasteiger partial charge in [0, 0.05) is 5.41 Å². The number of rotatable bonds is 2. The van der Waals surface area contributed by atoms with E-state index in [1.165, 1.54) is 37.7 Å². The summed E-state index contributed by atoms with van der Waals surface area (Å²) in [5.74, 6) is 3.51. The first kappa shape index (κ1) is 16.2. The van der Waals surface area contributed by atoms with E-state index < -0.39 is 0 Å². The van der Waals surface area contributed by atoms with E-state index in [1.807, 2.05) is 12.2 Å². The summed E-state index contributed by atoms with van der Waals surface area (Å²) in [6.07, 6.45) is 17.6. The third kappa shape index (κ3) is 2.06. The molecule has 0 radical (unpaired) electrons. The summed E-state index contributed by atoms with van der Waals surface area (Å²) in [4.78, 5) is 0. The quantitative estimate of drug-likeness (QED) is 0.626. The molecule has 0 aromatic carbocycles. The van der Waals surface area contributed by atoms with Crippen molar-refractivity contribution in [3.8, 4) is 0 Å². The van der Waals surface area contributed by atoms with Gasteiger partial charge in [-0.15, -0.1) is 0 Å². The number of fused-ring (bicyclic) bond motifs is 5. The molecule has 130 valence electrons. The normalized spacial score (nSPS) is 44.7. The summed E-state index contributed by atoms with van der Waals surface area (Å²) in [6.45, 7) is 9.78. The SMILES string of the molecule is CCC(C)C1CCC2C3=CC=C4C=C(O)C=C[C@]4(C)C3CC[C@@]21C. The van der Waals surface area contributed by atoms with Crippen molar-refractivity contribution < 1.29 is 5.11 Å². The zero-order valence-electron chi connectivity index (χ0n) is 15.7. The third-order valence-corrected chi connectivity index (χ3v) is 8.22. The molecule has 4 unspecified atom stereocenters. The second kappa shape index (κ2) is 5.38. The van der Waals surface area contributed by atoms with Crippen LogP contribution in [-0.2, 0) is 0 Å². The number of allylic oxidation sites excluding steroid dienone is 7. The molecule has 1 heteroatoms. The minimum atomic E-state index is 0.0755. The molecule has 0 amide bonds. The van der Waals surface area contributed by atoms with Gasteiger partial charge < -0.3 is 5.11 Å². The summed E-state index contributed by atoms with van der Waals surface area (Å²) >= 11 is 0. The van der Waals surface area contributed by atoms with Gasteiger partial charge in [-0.2, -0.15) is 0 Å². The van der Waals surface area contributed by atoms with Crippen molar-refractivity contribution >= 4 is 0 Å². The van der Waals surface area contributed by atoms with Crippen molar-refractivity contribution in [2.24, 2.45) is 34.5 Å². The van der Waals surface area contributed by atoms with Gasteiger partial charge in [-0.25, -0.2) is 0 Å². The van der Waals surface area contributed by atoms with E-state index in [0.717, 1.165) is 17.8 Å². The molecular weight excluding hydrogens is 292 g/mol. The highest BCUT2D eigenvalue weighted by atomic mass is 16.3. The topological polar surface area (TPSA) is 20.2 Å². The van der Waals surface area contributed by atoms with Gasteiger partial charge in [0.05, 0.1) is 0 Å². The van der Waals surface area contributed by atoms with Crippen LogP contribution in [-0.4, -0.2) is 5.11 Å². The zero-order valence-corrected chi connectivity index (χ0v) is 15.7. The number of hydrogen-bond acceptors (Lipinski definition) is 1. The number of aliphatic hydroxyl groups excluding tert-OH is 1. The molecule has 0 bridgehead atoms. The maximum absolute atomic E-state index is 9.89. The fourth-order valence-electron chi connectivity index (χ4n) is 6.58. The predicted octanol–water partition coefficient (Wildman–Crippen LogP) is 6.36. The summed E-state index contributed by atoms with van der Waals surface area (Å²) in [5, 5.41) is 9.89. The molecule has 1 N–H and O–H groups in total. The van der Waals surface area contributed by atoms with Crippen LogP contribution in [0.1, 0.15) is 59.8 Å². The summed E-state index contributed by atoms with van der Waals surface area (Å²) in [5.41, 5.74) is 3.57. The van der Waals surface area contributed by atoms with Gasteiger partial charge in [-0.05, 0) is 72.5 Å². The first-order valence-electron chi connectivity index (χ1n) is 9.92. The van der Waals surface area contributed by atoms with Gasteiger partial charge in [0.25, 0.3) is 0 Å². The van der Waals surface area contributed by atoms with E-state index in [4.69, 9.17) is 0 Å².